The molecule has 0 spiro atoms. The van der Waals surface area contributed by atoms with Crippen molar-refractivity contribution in [3.63, 3.8) is 0 Å². The predicted molar refractivity (Wildman–Crippen MR) is 125 cm³/mol. The number of nitrogens with zero attached hydrogens (tertiary/aromatic N) is 2. The second kappa shape index (κ2) is 9.99. The van der Waals surface area contributed by atoms with E-state index >= 15 is 0 Å². The summed E-state index contributed by atoms with van der Waals surface area (Å²) in [5, 5.41) is 9.86. The molecule has 3 aromatic rings. The average molecular weight is 431 g/mol. The zero-order chi connectivity index (χ0) is 23.1. The van der Waals surface area contributed by atoms with E-state index in [1.54, 1.807) is 44.3 Å². The number of allylic oxidation sites excluding steroid dienone is 1. The highest BCUT2D eigenvalue weighted by Gasteiger charge is 2.16. The number of benzene rings is 2. The molecule has 3 rings (SSSR count). The summed E-state index contributed by atoms with van der Waals surface area (Å²) in [5.41, 5.74) is 1.44. The zero-order valence-electron chi connectivity index (χ0n) is 18.6. The molecular weight excluding hydrogens is 404 g/mol. The van der Waals surface area contributed by atoms with Crippen LogP contribution in [0.4, 0.5) is 0 Å². The number of hydrogen-bond donors (Lipinski definition) is 1. The zero-order valence-corrected chi connectivity index (χ0v) is 18.6. The van der Waals surface area contributed by atoms with Crippen LogP contribution in [0, 0.1) is 11.8 Å². The van der Waals surface area contributed by atoms with Crippen molar-refractivity contribution >= 4 is 6.08 Å². The Morgan fingerprint density at radius 2 is 1.94 bits per heavy atom. The maximum Gasteiger partial charge on any atom is 0.353 e. The van der Waals surface area contributed by atoms with Crippen LogP contribution in [-0.4, -0.2) is 34.0 Å². The summed E-state index contributed by atoms with van der Waals surface area (Å²) in [4.78, 5) is 16.7. The fourth-order valence-corrected chi connectivity index (χ4v) is 2.90. The molecule has 0 atom stereocenters. The molecular formula is C26H26N2O4. The Morgan fingerprint density at radius 1 is 1.12 bits per heavy atom. The Bertz CT molecular complexity index is 1240. The van der Waals surface area contributed by atoms with Gasteiger partial charge in [-0.1, -0.05) is 30.2 Å². The fraction of sp³-hybridized carbons (Fsp3) is 0.231. The van der Waals surface area contributed by atoms with E-state index in [0.29, 0.717) is 22.9 Å². The summed E-state index contributed by atoms with van der Waals surface area (Å²) in [6, 6.07) is 14.6. The number of rotatable bonds is 6. The quantitative estimate of drug-likeness (QED) is 0.602. The van der Waals surface area contributed by atoms with Crippen LogP contribution in [0.15, 0.2) is 65.6 Å². The van der Waals surface area contributed by atoms with Crippen molar-refractivity contribution in [2.75, 3.05) is 13.7 Å². The molecule has 1 aromatic heterocycles. The van der Waals surface area contributed by atoms with Crippen LogP contribution in [0.25, 0.3) is 11.8 Å². The standard InChI is InChI=1S/C26H26N2O4/c1-5-7-19-8-6-9-20(16-19)10-11-21-14-15-28(25(29)27-21)22-12-13-23(24(17-22)31-4)32-18-26(2,3)30/h5-9,12-17,30H,18H2,1-4H3. The van der Waals surface area contributed by atoms with Gasteiger partial charge in [0.2, 0.25) is 0 Å². The van der Waals surface area contributed by atoms with E-state index in [0.717, 1.165) is 11.1 Å². The van der Waals surface area contributed by atoms with Crippen molar-refractivity contribution in [2.45, 2.75) is 26.4 Å². The van der Waals surface area contributed by atoms with Gasteiger partial charge in [0.15, 0.2) is 11.5 Å². The summed E-state index contributed by atoms with van der Waals surface area (Å²) >= 11 is 0. The fourth-order valence-electron chi connectivity index (χ4n) is 2.90. The molecule has 164 valence electrons. The summed E-state index contributed by atoms with van der Waals surface area (Å²) < 4.78 is 12.4. The van der Waals surface area contributed by atoms with E-state index < -0.39 is 11.3 Å². The van der Waals surface area contributed by atoms with Gasteiger partial charge < -0.3 is 14.6 Å². The second-order valence-corrected chi connectivity index (χ2v) is 7.78. The van der Waals surface area contributed by atoms with Crippen molar-refractivity contribution in [3.8, 4) is 29.0 Å². The topological polar surface area (TPSA) is 73.6 Å². The minimum absolute atomic E-state index is 0.106. The van der Waals surface area contributed by atoms with Crippen LogP contribution in [-0.2, 0) is 0 Å². The Labute approximate surface area is 187 Å². The lowest BCUT2D eigenvalue weighted by Crippen LogP contribution is -2.28. The number of aromatic nitrogens is 2. The summed E-state index contributed by atoms with van der Waals surface area (Å²) in [5.74, 6) is 6.91. The number of methoxy groups -OCH3 is 1. The normalized spacial score (nSPS) is 11.2. The molecule has 6 nitrogen and oxygen atoms in total. The summed E-state index contributed by atoms with van der Waals surface area (Å²) in [7, 11) is 1.51. The first-order chi connectivity index (χ1) is 15.3. The van der Waals surface area contributed by atoms with E-state index in [2.05, 4.69) is 16.8 Å². The van der Waals surface area contributed by atoms with E-state index in [9.17, 15) is 9.90 Å². The highest BCUT2D eigenvalue weighted by Crippen LogP contribution is 2.29. The smallest absolute Gasteiger partial charge is 0.353 e. The van der Waals surface area contributed by atoms with E-state index in [4.69, 9.17) is 9.47 Å². The van der Waals surface area contributed by atoms with Gasteiger partial charge >= 0.3 is 5.69 Å². The molecule has 1 N–H and O–H groups in total. The highest BCUT2D eigenvalue weighted by atomic mass is 16.5. The molecule has 1 heterocycles. The second-order valence-electron chi connectivity index (χ2n) is 7.78. The predicted octanol–water partition coefficient (Wildman–Crippen LogP) is 3.82. The Morgan fingerprint density at radius 3 is 2.62 bits per heavy atom. The first-order valence-corrected chi connectivity index (χ1v) is 10.2. The molecule has 0 unspecified atom stereocenters. The Hall–Kier alpha value is -3.82. The SMILES string of the molecule is CC=Cc1cccc(C#Cc2ccn(-c3ccc(OCC(C)(C)O)c(OC)c3)c(=O)n2)c1. The van der Waals surface area contributed by atoms with Crippen LogP contribution in [0.2, 0.25) is 0 Å². The molecule has 0 aliphatic heterocycles. The Balaban J connectivity index is 1.84. The summed E-state index contributed by atoms with van der Waals surface area (Å²) in [6.45, 7) is 5.38. The molecule has 0 amide bonds. The van der Waals surface area contributed by atoms with Gasteiger partial charge in [0.25, 0.3) is 0 Å². The van der Waals surface area contributed by atoms with Gasteiger partial charge in [0.1, 0.15) is 12.3 Å². The first-order valence-electron chi connectivity index (χ1n) is 10.2. The highest BCUT2D eigenvalue weighted by molar-refractivity contribution is 5.53. The molecule has 0 aliphatic carbocycles. The van der Waals surface area contributed by atoms with Crippen molar-refractivity contribution in [3.05, 3.63) is 88.1 Å². The minimum atomic E-state index is -0.977. The first kappa shape index (κ1) is 22.9. The van der Waals surface area contributed by atoms with Crippen LogP contribution in [0.3, 0.4) is 0 Å². The van der Waals surface area contributed by atoms with Gasteiger partial charge in [-0.15, -0.1) is 0 Å². The maximum atomic E-state index is 12.6. The van der Waals surface area contributed by atoms with E-state index in [-0.39, 0.29) is 6.61 Å². The molecule has 2 aromatic carbocycles. The molecule has 32 heavy (non-hydrogen) atoms. The van der Waals surface area contributed by atoms with E-state index in [1.165, 1.54) is 11.7 Å². The number of aliphatic hydroxyl groups is 1. The lowest BCUT2D eigenvalue weighted by Gasteiger charge is -2.19. The van der Waals surface area contributed by atoms with Gasteiger partial charge in [-0.25, -0.2) is 4.79 Å². The maximum absolute atomic E-state index is 12.6. The summed E-state index contributed by atoms with van der Waals surface area (Å²) in [6.07, 6.45) is 5.59. The number of ether oxygens (including phenoxy) is 2. The van der Waals surface area contributed by atoms with Gasteiger partial charge in [-0.3, -0.25) is 4.57 Å². The third-order valence-corrected chi connectivity index (χ3v) is 4.39. The van der Waals surface area contributed by atoms with Crippen molar-refractivity contribution in [2.24, 2.45) is 0 Å². The van der Waals surface area contributed by atoms with Crippen molar-refractivity contribution in [1.82, 2.24) is 9.55 Å². The molecule has 0 saturated heterocycles. The van der Waals surface area contributed by atoms with Crippen molar-refractivity contribution in [1.29, 1.82) is 0 Å². The number of hydrogen-bond acceptors (Lipinski definition) is 5. The van der Waals surface area contributed by atoms with Crippen LogP contribution in [0.1, 0.15) is 37.6 Å². The van der Waals surface area contributed by atoms with Crippen LogP contribution >= 0.6 is 0 Å². The molecule has 0 radical (unpaired) electrons. The molecule has 0 saturated carbocycles. The minimum Gasteiger partial charge on any atom is -0.493 e. The van der Waals surface area contributed by atoms with Crippen molar-refractivity contribution < 1.29 is 14.6 Å². The average Bonchev–Trinajstić information content (AvgIpc) is 2.76. The molecule has 0 bridgehead atoms. The molecule has 0 fully saturated rings. The lowest BCUT2D eigenvalue weighted by atomic mass is 10.1. The Kier molecular flexibility index (Phi) is 7.14. The monoisotopic (exact) mass is 430 g/mol. The van der Waals surface area contributed by atoms with Gasteiger partial charge in [0, 0.05) is 17.8 Å². The van der Waals surface area contributed by atoms with Gasteiger partial charge in [-0.05, 0) is 62.6 Å². The molecule has 6 heteroatoms. The lowest BCUT2D eigenvalue weighted by molar-refractivity contribution is 0.0276. The van der Waals surface area contributed by atoms with Gasteiger partial charge in [0.05, 0.1) is 18.4 Å². The third kappa shape index (κ3) is 6.10. The van der Waals surface area contributed by atoms with Crippen LogP contribution in [0.5, 0.6) is 11.5 Å². The largest absolute Gasteiger partial charge is 0.493 e. The van der Waals surface area contributed by atoms with Crippen LogP contribution < -0.4 is 15.2 Å². The van der Waals surface area contributed by atoms with Gasteiger partial charge in [-0.2, -0.15) is 4.98 Å². The molecule has 0 aliphatic rings. The third-order valence-electron chi connectivity index (χ3n) is 4.39. The van der Waals surface area contributed by atoms with E-state index in [1.807, 2.05) is 43.3 Å².